The van der Waals surface area contributed by atoms with Crippen LogP contribution in [0, 0.1) is 5.82 Å². The summed E-state index contributed by atoms with van der Waals surface area (Å²) in [5, 5.41) is 3.20. The van der Waals surface area contributed by atoms with E-state index in [2.05, 4.69) is 5.32 Å². The molecule has 2 aromatic rings. The zero-order valence-corrected chi connectivity index (χ0v) is 14.5. The van der Waals surface area contributed by atoms with Crippen LogP contribution in [0.3, 0.4) is 0 Å². The largest absolute Gasteiger partial charge is 0.492 e. The van der Waals surface area contributed by atoms with Crippen LogP contribution in [0.5, 0.6) is 5.75 Å². The highest BCUT2D eigenvalue weighted by atomic mass is 35.5. The van der Waals surface area contributed by atoms with E-state index in [4.69, 9.17) is 16.3 Å². The number of carbonyl (C=O) groups is 1. The van der Waals surface area contributed by atoms with Gasteiger partial charge in [0, 0.05) is 0 Å². The number of anilines is 1. The number of amides is 1. The van der Waals surface area contributed by atoms with Crippen LogP contribution in [0.4, 0.5) is 10.1 Å². The van der Waals surface area contributed by atoms with Crippen LogP contribution in [-0.2, 0) is 11.3 Å². The Hall–Kier alpha value is -2.11. The van der Waals surface area contributed by atoms with Crippen molar-refractivity contribution in [2.75, 3.05) is 25.5 Å². The molecule has 0 heterocycles. The zero-order valence-electron chi connectivity index (χ0n) is 13.7. The lowest BCUT2D eigenvalue weighted by molar-refractivity contribution is -0.885. The molecular weight excluding hydrogens is 331 g/mol. The third-order valence-electron chi connectivity index (χ3n) is 3.46. The van der Waals surface area contributed by atoms with E-state index in [9.17, 15) is 9.18 Å². The van der Waals surface area contributed by atoms with Crippen molar-refractivity contribution in [3.05, 3.63) is 58.9 Å². The number of halogens is 2. The monoisotopic (exact) mass is 351 g/mol. The number of hydrogen-bond donors (Lipinski definition) is 2. The van der Waals surface area contributed by atoms with Crippen LogP contribution in [0.2, 0.25) is 5.02 Å². The second-order valence-electron chi connectivity index (χ2n) is 5.49. The summed E-state index contributed by atoms with van der Waals surface area (Å²) in [5.41, 5.74) is 1.04. The molecule has 0 bridgehead atoms. The molecule has 4 nitrogen and oxygen atoms in total. The molecule has 0 radical (unpaired) electrons. The van der Waals surface area contributed by atoms with Gasteiger partial charge >= 0.3 is 0 Å². The van der Waals surface area contributed by atoms with Gasteiger partial charge in [0.2, 0.25) is 0 Å². The van der Waals surface area contributed by atoms with E-state index in [0.29, 0.717) is 35.2 Å². The molecule has 2 aromatic carbocycles. The molecule has 1 atom stereocenters. The van der Waals surface area contributed by atoms with E-state index in [1.807, 2.05) is 26.1 Å². The van der Waals surface area contributed by atoms with E-state index in [1.54, 1.807) is 24.3 Å². The molecule has 0 saturated carbocycles. The maximum Gasteiger partial charge on any atom is 0.279 e. The molecule has 0 aliphatic heterocycles. The number of rotatable bonds is 7. The molecule has 128 valence electrons. The predicted molar refractivity (Wildman–Crippen MR) is 93.1 cm³/mol. The molecule has 0 spiro atoms. The highest BCUT2D eigenvalue weighted by Crippen LogP contribution is 2.23. The van der Waals surface area contributed by atoms with Gasteiger partial charge < -0.3 is 15.0 Å². The first kappa shape index (κ1) is 18.2. The number of quaternary nitrogens is 1. The summed E-state index contributed by atoms with van der Waals surface area (Å²) in [6, 6.07) is 11.8. The Balaban J connectivity index is 1.97. The molecule has 0 aromatic heterocycles. The van der Waals surface area contributed by atoms with Gasteiger partial charge in [0.1, 0.15) is 18.1 Å². The van der Waals surface area contributed by atoms with Gasteiger partial charge in [-0.3, -0.25) is 4.79 Å². The maximum atomic E-state index is 13.8. The van der Waals surface area contributed by atoms with E-state index < -0.39 is 0 Å². The summed E-state index contributed by atoms with van der Waals surface area (Å²) >= 11 is 6.03. The van der Waals surface area contributed by atoms with Gasteiger partial charge in [0.25, 0.3) is 5.91 Å². The van der Waals surface area contributed by atoms with Gasteiger partial charge in [-0.25, -0.2) is 4.39 Å². The highest BCUT2D eigenvalue weighted by molar-refractivity contribution is 6.31. The lowest BCUT2D eigenvalue weighted by Gasteiger charge is -2.16. The van der Waals surface area contributed by atoms with Gasteiger partial charge in [-0.1, -0.05) is 29.8 Å². The highest BCUT2D eigenvalue weighted by Gasteiger charge is 2.16. The maximum absolute atomic E-state index is 13.8. The third-order valence-corrected chi connectivity index (χ3v) is 3.82. The molecule has 6 heteroatoms. The number of benzene rings is 2. The first-order valence-electron chi connectivity index (χ1n) is 7.77. The van der Waals surface area contributed by atoms with E-state index >= 15 is 0 Å². The summed E-state index contributed by atoms with van der Waals surface area (Å²) in [6.07, 6.45) is 0. The van der Waals surface area contributed by atoms with Crippen LogP contribution >= 0.6 is 11.6 Å². The quantitative estimate of drug-likeness (QED) is 0.805. The van der Waals surface area contributed by atoms with E-state index in [-0.39, 0.29) is 18.3 Å². The molecule has 2 N–H and O–H groups in total. The molecule has 0 fully saturated rings. The number of para-hydroxylation sites is 2. The fourth-order valence-electron chi connectivity index (χ4n) is 2.39. The van der Waals surface area contributed by atoms with Crippen molar-refractivity contribution < 1.29 is 18.8 Å². The number of likely N-dealkylation sites (N-methyl/N-ethyl adjacent to an activating group) is 1. The van der Waals surface area contributed by atoms with Crippen molar-refractivity contribution in [2.45, 2.75) is 13.5 Å². The minimum atomic E-state index is -0.357. The minimum absolute atomic E-state index is 0.174. The van der Waals surface area contributed by atoms with E-state index in [1.165, 1.54) is 6.07 Å². The van der Waals surface area contributed by atoms with Crippen LogP contribution in [0.15, 0.2) is 42.5 Å². The summed E-state index contributed by atoms with van der Waals surface area (Å²) in [5.74, 6) is 0.0965. The Labute approximate surface area is 146 Å². The minimum Gasteiger partial charge on any atom is -0.492 e. The average molecular weight is 352 g/mol. The topological polar surface area (TPSA) is 42.8 Å². The molecule has 0 aliphatic carbocycles. The molecule has 1 amide bonds. The Morgan fingerprint density at radius 1 is 1.25 bits per heavy atom. The number of nitrogens with one attached hydrogen (secondary N) is 2. The Kier molecular flexibility index (Phi) is 6.58. The van der Waals surface area contributed by atoms with Gasteiger partial charge in [0.05, 0.1) is 29.9 Å². The van der Waals surface area contributed by atoms with Crippen LogP contribution in [0.25, 0.3) is 0 Å². The zero-order chi connectivity index (χ0) is 17.5. The fourth-order valence-corrected chi connectivity index (χ4v) is 2.62. The molecule has 0 saturated heterocycles. The first-order valence-corrected chi connectivity index (χ1v) is 8.15. The smallest absolute Gasteiger partial charge is 0.279 e. The van der Waals surface area contributed by atoms with Crippen LogP contribution in [-0.4, -0.2) is 26.1 Å². The van der Waals surface area contributed by atoms with Crippen LogP contribution in [0.1, 0.15) is 12.5 Å². The number of ether oxygens (including phenoxy) is 1. The fraction of sp³-hybridized carbons (Fsp3) is 0.278. The summed E-state index contributed by atoms with van der Waals surface area (Å²) in [6.45, 7) is 2.91. The normalized spacial score (nSPS) is 11.8. The summed E-state index contributed by atoms with van der Waals surface area (Å²) < 4.78 is 19.3. The van der Waals surface area contributed by atoms with E-state index in [0.717, 1.165) is 4.90 Å². The van der Waals surface area contributed by atoms with Crippen LogP contribution < -0.4 is 15.0 Å². The Morgan fingerprint density at radius 3 is 2.71 bits per heavy atom. The molecule has 2 rings (SSSR count). The lowest BCUT2D eigenvalue weighted by atomic mass is 10.2. The van der Waals surface area contributed by atoms with Crippen molar-refractivity contribution in [2.24, 2.45) is 0 Å². The van der Waals surface area contributed by atoms with Crippen molar-refractivity contribution in [1.29, 1.82) is 0 Å². The molecule has 0 aliphatic rings. The van der Waals surface area contributed by atoms with Gasteiger partial charge in [-0.2, -0.15) is 0 Å². The standard InChI is InChI=1S/C18H20ClFN2O2/c1-3-24-17-10-5-4-9-16(17)21-18(23)12-22(2)11-13-14(19)7-6-8-15(13)20/h4-10H,3,11-12H2,1-2H3,(H,21,23)/p+1. The lowest BCUT2D eigenvalue weighted by Crippen LogP contribution is -3.08. The molecule has 24 heavy (non-hydrogen) atoms. The number of hydrogen-bond acceptors (Lipinski definition) is 2. The predicted octanol–water partition coefficient (Wildman–Crippen LogP) is 2.53. The second-order valence-corrected chi connectivity index (χ2v) is 5.90. The number of carbonyl (C=O) groups excluding carboxylic acids is 1. The third kappa shape index (κ3) is 4.94. The molecular formula is C18H21ClFN2O2+. The summed E-state index contributed by atoms with van der Waals surface area (Å²) in [7, 11) is 1.82. The van der Waals surface area contributed by atoms with Crippen molar-refractivity contribution in [3.8, 4) is 5.75 Å². The molecule has 1 unspecified atom stereocenters. The summed E-state index contributed by atoms with van der Waals surface area (Å²) in [4.78, 5) is 13.1. The van der Waals surface area contributed by atoms with Gasteiger partial charge in [-0.15, -0.1) is 0 Å². The van der Waals surface area contributed by atoms with Gasteiger partial charge in [-0.05, 0) is 31.2 Å². The Bertz CT molecular complexity index is 689. The second kappa shape index (κ2) is 8.66. The Morgan fingerprint density at radius 2 is 2.00 bits per heavy atom. The van der Waals surface area contributed by atoms with Crippen molar-refractivity contribution in [3.63, 3.8) is 0 Å². The first-order chi connectivity index (χ1) is 11.5. The van der Waals surface area contributed by atoms with Crippen molar-refractivity contribution in [1.82, 2.24) is 0 Å². The van der Waals surface area contributed by atoms with Crippen molar-refractivity contribution >= 4 is 23.2 Å². The van der Waals surface area contributed by atoms with Gasteiger partial charge in [0.15, 0.2) is 6.54 Å². The SMILES string of the molecule is CCOc1ccccc1NC(=O)C[NH+](C)Cc1c(F)cccc1Cl. The average Bonchev–Trinajstić information content (AvgIpc) is 2.53.